The van der Waals surface area contributed by atoms with Gasteiger partial charge in [-0.15, -0.1) is 10.2 Å². The molecule has 4 rings (SSSR count). The summed E-state index contributed by atoms with van der Waals surface area (Å²) in [4.78, 5) is 26.2. The maximum absolute atomic E-state index is 12.4. The number of hydrogen-bond donors (Lipinski definition) is 0. The number of nitrogens with zero attached hydrogens (tertiary/aromatic N) is 4. The van der Waals surface area contributed by atoms with E-state index in [4.69, 9.17) is 4.74 Å². The molecule has 0 spiro atoms. The molecule has 1 aromatic heterocycles. The number of likely N-dealkylation sites (N-methyl/N-ethyl adjacent to an activating group) is 1. The minimum atomic E-state index is -0.490. The lowest BCUT2D eigenvalue weighted by Crippen LogP contribution is -2.31. The fourth-order valence-corrected chi connectivity index (χ4v) is 4.06. The Labute approximate surface area is 202 Å². The molecule has 0 aliphatic heterocycles. The van der Waals surface area contributed by atoms with Crippen LogP contribution in [0.15, 0.2) is 96.2 Å². The SMILES string of the molecule is CN(Cc1ccccc1)C(=O)COC(=O)CSc1nnc(-c2ccccc2)n1-c1ccccc1. The third kappa shape index (κ3) is 5.90. The van der Waals surface area contributed by atoms with Crippen molar-refractivity contribution in [1.29, 1.82) is 0 Å². The van der Waals surface area contributed by atoms with Crippen LogP contribution >= 0.6 is 11.8 Å². The monoisotopic (exact) mass is 472 g/mol. The van der Waals surface area contributed by atoms with Crippen molar-refractivity contribution in [3.8, 4) is 17.1 Å². The van der Waals surface area contributed by atoms with Gasteiger partial charge in [-0.3, -0.25) is 14.2 Å². The molecule has 0 saturated heterocycles. The summed E-state index contributed by atoms with van der Waals surface area (Å²) in [6.45, 7) is 0.151. The highest BCUT2D eigenvalue weighted by molar-refractivity contribution is 7.99. The number of carbonyl (C=O) groups is 2. The van der Waals surface area contributed by atoms with Gasteiger partial charge in [0.25, 0.3) is 5.91 Å². The summed E-state index contributed by atoms with van der Waals surface area (Å²) in [5, 5.41) is 9.23. The highest BCUT2D eigenvalue weighted by Gasteiger charge is 2.18. The van der Waals surface area contributed by atoms with E-state index in [-0.39, 0.29) is 18.3 Å². The van der Waals surface area contributed by atoms with Crippen LogP contribution < -0.4 is 0 Å². The van der Waals surface area contributed by atoms with Gasteiger partial charge in [0, 0.05) is 24.8 Å². The zero-order valence-corrected chi connectivity index (χ0v) is 19.5. The standard InChI is InChI=1S/C26H24N4O3S/c1-29(17-20-11-5-2-6-12-20)23(31)18-33-24(32)19-34-26-28-27-25(21-13-7-3-8-14-21)30(26)22-15-9-4-10-16-22/h2-16H,17-19H2,1H3. The van der Waals surface area contributed by atoms with Crippen molar-refractivity contribution in [2.24, 2.45) is 0 Å². The fourth-order valence-electron chi connectivity index (χ4n) is 3.31. The molecular weight excluding hydrogens is 448 g/mol. The predicted molar refractivity (Wildman–Crippen MR) is 131 cm³/mol. The average Bonchev–Trinajstić information content (AvgIpc) is 3.31. The first-order valence-corrected chi connectivity index (χ1v) is 11.7. The molecule has 0 atom stereocenters. The van der Waals surface area contributed by atoms with Crippen LogP contribution in [-0.2, 0) is 20.9 Å². The van der Waals surface area contributed by atoms with Crippen LogP contribution in [0.5, 0.6) is 0 Å². The van der Waals surface area contributed by atoms with Gasteiger partial charge in [-0.05, 0) is 17.7 Å². The summed E-state index contributed by atoms with van der Waals surface area (Å²) in [7, 11) is 1.69. The molecule has 0 saturated carbocycles. The first-order valence-electron chi connectivity index (χ1n) is 10.7. The van der Waals surface area contributed by atoms with Gasteiger partial charge in [-0.2, -0.15) is 0 Å². The zero-order chi connectivity index (χ0) is 23.8. The Morgan fingerprint density at radius 3 is 2.18 bits per heavy atom. The van der Waals surface area contributed by atoms with Crippen LogP contribution in [0.4, 0.5) is 0 Å². The number of aromatic nitrogens is 3. The van der Waals surface area contributed by atoms with Gasteiger partial charge in [-0.25, -0.2) is 0 Å². The van der Waals surface area contributed by atoms with Crippen molar-refractivity contribution in [3.05, 3.63) is 96.6 Å². The number of amides is 1. The largest absolute Gasteiger partial charge is 0.455 e. The molecule has 7 nitrogen and oxygen atoms in total. The molecule has 34 heavy (non-hydrogen) atoms. The van der Waals surface area contributed by atoms with Crippen molar-refractivity contribution in [1.82, 2.24) is 19.7 Å². The van der Waals surface area contributed by atoms with Crippen LogP contribution in [0.3, 0.4) is 0 Å². The minimum Gasteiger partial charge on any atom is -0.455 e. The van der Waals surface area contributed by atoms with E-state index in [1.165, 1.54) is 16.7 Å². The molecular formula is C26H24N4O3S. The molecule has 1 amide bonds. The summed E-state index contributed by atoms with van der Waals surface area (Å²) in [6.07, 6.45) is 0. The van der Waals surface area contributed by atoms with Gasteiger partial charge < -0.3 is 9.64 Å². The summed E-state index contributed by atoms with van der Waals surface area (Å²) in [6, 6.07) is 29.1. The lowest BCUT2D eigenvalue weighted by atomic mass is 10.2. The lowest BCUT2D eigenvalue weighted by Gasteiger charge is -2.17. The molecule has 4 aromatic rings. The van der Waals surface area contributed by atoms with E-state index in [0.29, 0.717) is 17.5 Å². The van der Waals surface area contributed by atoms with E-state index in [1.54, 1.807) is 7.05 Å². The summed E-state index contributed by atoms with van der Waals surface area (Å²) in [5.74, 6) is -0.0631. The van der Waals surface area contributed by atoms with Crippen molar-refractivity contribution in [2.45, 2.75) is 11.7 Å². The van der Waals surface area contributed by atoms with E-state index >= 15 is 0 Å². The quantitative estimate of drug-likeness (QED) is 0.268. The number of rotatable bonds is 9. The summed E-state index contributed by atoms with van der Waals surface area (Å²) in [5.41, 5.74) is 2.81. The lowest BCUT2D eigenvalue weighted by molar-refractivity contribution is -0.149. The molecule has 3 aromatic carbocycles. The average molecular weight is 473 g/mol. The number of thioether (sulfide) groups is 1. The number of ether oxygens (including phenoxy) is 1. The van der Waals surface area contributed by atoms with Crippen molar-refractivity contribution >= 4 is 23.6 Å². The smallest absolute Gasteiger partial charge is 0.316 e. The fraction of sp³-hybridized carbons (Fsp3) is 0.154. The highest BCUT2D eigenvalue weighted by Crippen LogP contribution is 2.27. The number of esters is 1. The first kappa shape index (κ1) is 23.3. The van der Waals surface area contributed by atoms with Crippen LogP contribution in [0.25, 0.3) is 17.1 Å². The van der Waals surface area contributed by atoms with Crippen molar-refractivity contribution < 1.29 is 14.3 Å². The maximum Gasteiger partial charge on any atom is 0.316 e. The normalized spacial score (nSPS) is 10.6. The van der Waals surface area contributed by atoms with Gasteiger partial charge in [0.05, 0.1) is 5.75 Å². The first-order chi connectivity index (χ1) is 16.6. The van der Waals surface area contributed by atoms with Crippen LogP contribution in [0.2, 0.25) is 0 Å². The van der Waals surface area contributed by atoms with Gasteiger partial charge >= 0.3 is 5.97 Å². The van der Waals surface area contributed by atoms with E-state index in [9.17, 15) is 9.59 Å². The number of benzene rings is 3. The second-order valence-electron chi connectivity index (χ2n) is 7.53. The van der Waals surface area contributed by atoms with Crippen molar-refractivity contribution in [2.75, 3.05) is 19.4 Å². The highest BCUT2D eigenvalue weighted by atomic mass is 32.2. The molecule has 0 unspecified atom stereocenters. The summed E-state index contributed by atoms with van der Waals surface area (Å²) < 4.78 is 7.12. The minimum absolute atomic E-state index is 0.00936. The second-order valence-corrected chi connectivity index (χ2v) is 8.47. The molecule has 0 aliphatic rings. The Hall–Kier alpha value is -3.91. The van der Waals surface area contributed by atoms with E-state index in [1.807, 2.05) is 95.6 Å². The topological polar surface area (TPSA) is 77.3 Å². The van der Waals surface area contributed by atoms with E-state index in [0.717, 1.165) is 16.8 Å². The van der Waals surface area contributed by atoms with E-state index in [2.05, 4.69) is 10.2 Å². The van der Waals surface area contributed by atoms with Gasteiger partial charge in [-0.1, -0.05) is 90.6 Å². The Balaban J connectivity index is 1.38. The number of carbonyl (C=O) groups excluding carboxylic acids is 2. The molecule has 0 radical (unpaired) electrons. The van der Waals surface area contributed by atoms with Gasteiger partial charge in [0.15, 0.2) is 17.6 Å². The Bertz CT molecular complexity index is 1230. The molecule has 0 aliphatic carbocycles. The number of para-hydroxylation sites is 1. The Kier molecular flexibility index (Phi) is 7.72. The van der Waals surface area contributed by atoms with Gasteiger partial charge in [0.1, 0.15) is 0 Å². The summed E-state index contributed by atoms with van der Waals surface area (Å²) >= 11 is 1.22. The molecule has 0 N–H and O–H groups in total. The molecule has 172 valence electrons. The molecule has 0 fully saturated rings. The van der Waals surface area contributed by atoms with Crippen LogP contribution in [0.1, 0.15) is 5.56 Å². The molecule has 8 heteroatoms. The maximum atomic E-state index is 12.4. The predicted octanol–water partition coefficient (Wildman–Crippen LogP) is 4.23. The Morgan fingerprint density at radius 1 is 0.882 bits per heavy atom. The Morgan fingerprint density at radius 2 is 1.50 bits per heavy atom. The van der Waals surface area contributed by atoms with Crippen LogP contribution in [-0.4, -0.2) is 50.9 Å². The third-order valence-corrected chi connectivity index (χ3v) is 5.95. The van der Waals surface area contributed by atoms with Gasteiger partial charge in [0.2, 0.25) is 0 Å². The van der Waals surface area contributed by atoms with Crippen molar-refractivity contribution in [3.63, 3.8) is 0 Å². The van der Waals surface area contributed by atoms with E-state index < -0.39 is 5.97 Å². The van der Waals surface area contributed by atoms with Crippen LogP contribution in [0, 0.1) is 0 Å². The second kappa shape index (κ2) is 11.3. The molecule has 0 bridgehead atoms. The number of hydrogen-bond acceptors (Lipinski definition) is 6. The zero-order valence-electron chi connectivity index (χ0n) is 18.7. The molecule has 1 heterocycles. The third-order valence-electron chi connectivity index (χ3n) is 5.04.